The van der Waals surface area contributed by atoms with Crippen molar-refractivity contribution >= 4 is 11.6 Å². The molecule has 0 fully saturated rings. The van der Waals surface area contributed by atoms with Crippen molar-refractivity contribution in [1.82, 2.24) is 0 Å². The molecule has 3 N–H and O–H groups in total. The molecule has 0 saturated carbocycles. The van der Waals surface area contributed by atoms with Crippen LogP contribution in [0.25, 0.3) is 0 Å². The van der Waals surface area contributed by atoms with Crippen molar-refractivity contribution in [2.75, 3.05) is 5.32 Å². The van der Waals surface area contributed by atoms with Gasteiger partial charge in [0.15, 0.2) is 0 Å². The number of unbranched alkanes of at least 4 members (excludes halogenated alkanes) is 1. The van der Waals surface area contributed by atoms with Crippen LogP contribution in [0.2, 0.25) is 0 Å². The highest BCUT2D eigenvalue weighted by molar-refractivity contribution is 5.90. The normalized spacial score (nSPS) is 12.2. The second kappa shape index (κ2) is 7.07. The van der Waals surface area contributed by atoms with Crippen molar-refractivity contribution < 1.29 is 4.79 Å². The predicted molar refractivity (Wildman–Crippen MR) is 72.0 cm³/mol. The molecule has 1 aromatic rings. The number of carbonyl (C=O) groups is 1. The third kappa shape index (κ3) is 5.50. The van der Waals surface area contributed by atoms with Gasteiger partial charge in [-0.05, 0) is 37.5 Å². The Balaban J connectivity index is 2.47. The zero-order valence-corrected chi connectivity index (χ0v) is 10.7. The van der Waals surface area contributed by atoms with Crippen LogP contribution >= 0.6 is 0 Å². The van der Waals surface area contributed by atoms with E-state index < -0.39 is 0 Å². The third-order valence-corrected chi connectivity index (χ3v) is 2.55. The summed E-state index contributed by atoms with van der Waals surface area (Å²) in [5.41, 5.74) is 7.79. The van der Waals surface area contributed by atoms with E-state index in [0.717, 1.165) is 24.9 Å². The van der Waals surface area contributed by atoms with Gasteiger partial charge in [0.1, 0.15) is 0 Å². The summed E-state index contributed by atoms with van der Waals surface area (Å²) in [6.45, 7) is 4.07. The van der Waals surface area contributed by atoms with Crippen molar-refractivity contribution in [2.24, 2.45) is 5.73 Å². The first kappa shape index (κ1) is 13.7. The number of anilines is 1. The van der Waals surface area contributed by atoms with Crippen molar-refractivity contribution in [1.29, 1.82) is 0 Å². The van der Waals surface area contributed by atoms with E-state index in [9.17, 15) is 4.79 Å². The predicted octanol–water partition coefficient (Wildman–Crippen LogP) is 2.71. The van der Waals surface area contributed by atoms with Crippen LogP contribution < -0.4 is 11.1 Å². The van der Waals surface area contributed by atoms with Crippen LogP contribution in [-0.4, -0.2) is 11.9 Å². The van der Waals surface area contributed by atoms with Crippen molar-refractivity contribution in [3.63, 3.8) is 0 Å². The van der Waals surface area contributed by atoms with E-state index in [2.05, 4.69) is 12.2 Å². The van der Waals surface area contributed by atoms with E-state index in [1.807, 2.05) is 31.2 Å². The first-order valence-corrected chi connectivity index (χ1v) is 6.26. The fraction of sp³-hybridized carbons (Fsp3) is 0.500. The maximum atomic E-state index is 11.5. The molecule has 0 aliphatic carbocycles. The molecule has 3 heteroatoms. The number of carbonyl (C=O) groups excluding carboxylic acids is 1. The summed E-state index contributed by atoms with van der Waals surface area (Å²) < 4.78 is 0. The molecule has 94 valence electrons. The number of hydrogen-bond donors (Lipinski definition) is 2. The molecule has 1 aromatic carbocycles. The fourth-order valence-corrected chi connectivity index (χ4v) is 1.66. The standard InChI is InChI=1S/C14H22N2O/c1-3-4-5-14(17)16-13-8-6-12(7-9-13)10-11(2)15/h6-9,11H,3-5,10,15H2,1-2H3,(H,16,17). The van der Waals surface area contributed by atoms with Gasteiger partial charge in [-0.3, -0.25) is 4.79 Å². The lowest BCUT2D eigenvalue weighted by Gasteiger charge is -2.08. The Hall–Kier alpha value is -1.35. The van der Waals surface area contributed by atoms with E-state index in [1.165, 1.54) is 5.56 Å². The van der Waals surface area contributed by atoms with E-state index >= 15 is 0 Å². The Kier molecular flexibility index (Phi) is 5.70. The number of nitrogens with one attached hydrogen (secondary N) is 1. The number of amides is 1. The molecule has 17 heavy (non-hydrogen) atoms. The van der Waals surface area contributed by atoms with Crippen LogP contribution in [0.4, 0.5) is 5.69 Å². The maximum absolute atomic E-state index is 11.5. The molecule has 1 rings (SSSR count). The number of rotatable bonds is 6. The minimum Gasteiger partial charge on any atom is -0.328 e. The first-order chi connectivity index (χ1) is 8.11. The summed E-state index contributed by atoms with van der Waals surface area (Å²) in [6, 6.07) is 8.06. The van der Waals surface area contributed by atoms with E-state index in [1.54, 1.807) is 0 Å². The minimum absolute atomic E-state index is 0.0896. The zero-order chi connectivity index (χ0) is 12.7. The minimum atomic E-state index is 0.0896. The molecule has 0 spiro atoms. The van der Waals surface area contributed by atoms with Crippen LogP contribution in [0.5, 0.6) is 0 Å². The highest BCUT2D eigenvalue weighted by atomic mass is 16.1. The summed E-state index contributed by atoms with van der Waals surface area (Å²) in [4.78, 5) is 11.5. The number of hydrogen-bond acceptors (Lipinski definition) is 2. The van der Waals surface area contributed by atoms with Gasteiger partial charge in [0, 0.05) is 18.2 Å². The van der Waals surface area contributed by atoms with Crippen LogP contribution in [0.1, 0.15) is 38.7 Å². The highest BCUT2D eigenvalue weighted by Crippen LogP contribution is 2.11. The van der Waals surface area contributed by atoms with Crippen LogP contribution in [-0.2, 0) is 11.2 Å². The second-order valence-electron chi connectivity index (χ2n) is 4.53. The fourth-order valence-electron chi connectivity index (χ4n) is 1.66. The number of benzene rings is 1. The maximum Gasteiger partial charge on any atom is 0.224 e. The molecule has 1 unspecified atom stereocenters. The Morgan fingerprint density at radius 2 is 2.00 bits per heavy atom. The molecule has 0 heterocycles. The second-order valence-corrected chi connectivity index (χ2v) is 4.53. The molecule has 0 bridgehead atoms. The first-order valence-electron chi connectivity index (χ1n) is 6.26. The molecule has 0 radical (unpaired) electrons. The van der Waals surface area contributed by atoms with Crippen LogP contribution in [0.3, 0.4) is 0 Å². The molecule has 1 atom stereocenters. The zero-order valence-electron chi connectivity index (χ0n) is 10.7. The Morgan fingerprint density at radius 3 is 2.53 bits per heavy atom. The van der Waals surface area contributed by atoms with Gasteiger partial charge in [-0.1, -0.05) is 25.5 Å². The SMILES string of the molecule is CCCCC(=O)Nc1ccc(CC(C)N)cc1. The summed E-state index contributed by atoms with van der Waals surface area (Å²) in [7, 11) is 0. The van der Waals surface area contributed by atoms with Gasteiger partial charge in [-0.15, -0.1) is 0 Å². The van der Waals surface area contributed by atoms with Gasteiger partial charge in [0.05, 0.1) is 0 Å². The van der Waals surface area contributed by atoms with Crippen molar-refractivity contribution in [3.8, 4) is 0 Å². The van der Waals surface area contributed by atoms with E-state index in [4.69, 9.17) is 5.73 Å². The van der Waals surface area contributed by atoms with Crippen LogP contribution in [0, 0.1) is 0 Å². The largest absolute Gasteiger partial charge is 0.328 e. The lowest BCUT2D eigenvalue weighted by Crippen LogP contribution is -2.17. The highest BCUT2D eigenvalue weighted by Gasteiger charge is 2.02. The van der Waals surface area contributed by atoms with Crippen molar-refractivity contribution in [2.45, 2.75) is 45.6 Å². The molecular weight excluding hydrogens is 212 g/mol. The summed E-state index contributed by atoms with van der Waals surface area (Å²) in [5, 5.41) is 2.89. The smallest absolute Gasteiger partial charge is 0.224 e. The van der Waals surface area contributed by atoms with Gasteiger partial charge in [-0.25, -0.2) is 0 Å². The molecular formula is C14H22N2O. The monoisotopic (exact) mass is 234 g/mol. The van der Waals surface area contributed by atoms with Gasteiger partial charge >= 0.3 is 0 Å². The Bertz CT molecular complexity index is 344. The summed E-state index contributed by atoms with van der Waals surface area (Å²) in [5.74, 6) is 0.0896. The average molecular weight is 234 g/mol. The lowest BCUT2D eigenvalue weighted by molar-refractivity contribution is -0.116. The van der Waals surface area contributed by atoms with Gasteiger partial charge in [-0.2, -0.15) is 0 Å². The van der Waals surface area contributed by atoms with Crippen LogP contribution in [0.15, 0.2) is 24.3 Å². The number of nitrogens with two attached hydrogens (primary N) is 1. The molecule has 0 aromatic heterocycles. The summed E-state index contributed by atoms with van der Waals surface area (Å²) >= 11 is 0. The Labute approximate surface area is 103 Å². The lowest BCUT2D eigenvalue weighted by atomic mass is 10.1. The third-order valence-electron chi connectivity index (χ3n) is 2.55. The van der Waals surface area contributed by atoms with Crippen molar-refractivity contribution in [3.05, 3.63) is 29.8 Å². The van der Waals surface area contributed by atoms with Gasteiger partial charge in [0.25, 0.3) is 0 Å². The molecule has 0 saturated heterocycles. The van der Waals surface area contributed by atoms with Gasteiger partial charge < -0.3 is 11.1 Å². The quantitative estimate of drug-likeness (QED) is 0.795. The van der Waals surface area contributed by atoms with E-state index in [-0.39, 0.29) is 11.9 Å². The molecule has 1 amide bonds. The topological polar surface area (TPSA) is 55.1 Å². The van der Waals surface area contributed by atoms with Gasteiger partial charge in [0.2, 0.25) is 5.91 Å². The summed E-state index contributed by atoms with van der Waals surface area (Å²) in [6.07, 6.45) is 3.44. The van der Waals surface area contributed by atoms with E-state index in [0.29, 0.717) is 6.42 Å². The molecule has 0 aliphatic heterocycles. The molecule has 3 nitrogen and oxygen atoms in total. The molecule has 0 aliphatic rings. The Morgan fingerprint density at radius 1 is 1.35 bits per heavy atom. The average Bonchev–Trinajstić information content (AvgIpc) is 2.28.